The first-order valence-corrected chi connectivity index (χ1v) is 23.1. The summed E-state index contributed by atoms with van der Waals surface area (Å²) in [6, 6.07) is 58.5. The minimum absolute atomic E-state index is 0.00642. The second kappa shape index (κ2) is 13.8. The highest BCUT2D eigenvalue weighted by Crippen LogP contribution is 2.53. The molecular weight excluding hydrogens is 791 g/mol. The Morgan fingerprint density at radius 2 is 0.938 bits per heavy atom. The molecule has 10 aromatic rings. The van der Waals surface area contributed by atoms with Crippen LogP contribution in [-0.4, -0.2) is 6.85 Å². The quantitative estimate of drug-likeness (QED) is 0.166. The number of anilines is 5. The summed E-state index contributed by atoms with van der Waals surface area (Å²) in [5.74, 6) is 0. The van der Waals surface area contributed by atoms with Gasteiger partial charge in [0.05, 0.1) is 5.69 Å². The molecule has 0 bridgehead atoms. The molecule has 0 fully saturated rings. The molecule has 2 aliphatic rings. The Morgan fingerprint density at radius 1 is 0.400 bits per heavy atom. The Hall–Kier alpha value is -6.98. The number of furan rings is 2. The van der Waals surface area contributed by atoms with Crippen molar-refractivity contribution in [2.75, 3.05) is 9.71 Å². The van der Waals surface area contributed by atoms with Crippen molar-refractivity contribution in [1.29, 1.82) is 0 Å². The fourth-order valence-corrected chi connectivity index (χ4v) is 10.7. The van der Waals surface area contributed by atoms with E-state index >= 15 is 0 Å². The Bertz CT molecular complexity index is 3560. The lowest BCUT2D eigenvalue weighted by Crippen LogP contribution is -2.61. The first-order chi connectivity index (χ1) is 31.1. The van der Waals surface area contributed by atoms with Crippen LogP contribution < -0.4 is 20.6 Å². The summed E-state index contributed by atoms with van der Waals surface area (Å²) in [4.78, 5) is 5.18. The molecular formula is C60H53BN2O2. The van der Waals surface area contributed by atoms with Crippen LogP contribution in [0.2, 0.25) is 0 Å². The van der Waals surface area contributed by atoms with E-state index in [-0.39, 0.29) is 23.1 Å². The molecule has 65 heavy (non-hydrogen) atoms. The zero-order valence-electron chi connectivity index (χ0n) is 38.8. The molecule has 0 radical (unpaired) electrons. The maximum absolute atomic E-state index is 7.00. The predicted molar refractivity (Wildman–Crippen MR) is 276 cm³/mol. The van der Waals surface area contributed by atoms with Crippen molar-refractivity contribution < 1.29 is 8.83 Å². The zero-order chi connectivity index (χ0) is 44.7. The Morgan fingerprint density at radius 3 is 1.58 bits per heavy atom. The molecule has 0 saturated heterocycles. The largest absolute Gasteiger partial charge is 0.456 e. The number of rotatable bonds is 3. The molecule has 12 rings (SSSR count). The highest BCUT2D eigenvalue weighted by atomic mass is 16.3. The SMILES string of the molecule is CC(C)(C)c1ccc(N2B3c4c(cc5oc6ccccc6c5c4-c4cc(C(C)(C)C)ccc42)N(c2ccc(C(C)(C)C)cc2-c2ccccc2)c2ccc4oc5ccccc5c4c23)cc1. The topological polar surface area (TPSA) is 32.8 Å². The molecule has 318 valence electrons. The molecule has 0 saturated carbocycles. The van der Waals surface area contributed by atoms with Crippen LogP contribution in [0.15, 0.2) is 167 Å². The lowest BCUT2D eigenvalue weighted by atomic mass is 9.42. The third-order valence-corrected chi connectivity index (χ3v) is 14.1. The Balaban J connectivity index is 1.30. The second-order valence-electron chi connectivity index (χ2n) is 21.4. The van der Waals surface area contributed by atoms with E-state index in [4.69, 9.17) is 8.83 Å². The van der Waals surface area contributed by atoms with E-state index < -0.39 is 0 Å². The number of para-hydroxylation sites is 2. The van der Waals surface area contributed by atoms with E-state index in [0.717, 1.165) is 66.6 Å². The van der Waals surface area contributed by atoms with Crippen LogP contribution in [0.1, 0.15) is 79.0 Å². The molecule has 0 amide bonds. The standard InChI is InChI=1S/C60H53BN2O2/c1-58(2,3)37-23-27-40(28-24-37)63-46-30-26-39(60(7,8)9)34-44(46)55-53-41-19-13-15-21-49(41)65-52(53)35-48-57(55)61(63)56-47(31-32-51-54(56)42-20-14-16-22-50(42)64-51)62(48)45-29-25-38(59(4,5)6)33-43(45)36-17-11-10-12-18-36/h10-35H,1-9H3. The van der Waals surface area contributed by atoms with Crippen LogP contribution in [0.25, 0.3) is 66.1 Å². The number of fused-ring (bicyclic) bond motifs is 12. The van der Waals surface area contributed by atoms with Crippen molar-refractivity contribution >= 4 is 90.1 Å². The smallest absolute Gasteiger partial charge is 0.333 e. The van der Waals surface area contributed by atoms with Gasteiger partial charge in [0.2, 0.25) is 0 Å². The van der Waals surface area contributed by atoms with Gasteiger partial charge in [0.1, 0.15) is 22.3 Å². The Kier molecular flexibility index (Phi) is 8.39. The summed E-state index contributed by atoms with van der Waals surface area (Å²) in [5, 5.41) is 4.53. The van der Waals surface area contributed by atoms with Crippen LogP contribution >= 0.6 is 0 Å². The van der Waals surface area contributed by atoms with Gasteiger partial charge in [-0.3, -0.25) is 0 Å². The number of hydrogen-bond acceptors (Lipinski definition) is 4. The van der Waals surface area contributed by atoms with Gasteiger partial charge < -0.3 is 18.5 Å². The van der Waals surface area contributed by atoms with Crippen LogP contribution in [0.4, 0.5) is 28.4 Å². The lowest BCUT2D eigenvalue weighted by Gasteiger charge is -2.46. The molecule has 0 atom stereocenters. The van der Waals surface area contributed by atoms with Crippen LogP contribution in [0, 0.1) is 0 Å². The summed E-state index contributed by atoms with van der Waals surface area (Å²) in [6.07, 6.45) is 0. The lowest BCUT2D eigenvalue weighted by molar-refractivity contribution is 0.590. The summed E-state index contributed by atoms with van der Waals surface area (Å²) < 4.78 is 13.8. The van der Waals surface area contributed by atoms with Crippen LogP contribution in [0.3, 0.4) is 0 Å². The van der Waals surface area contributed by atoms with Crippen molar-refractivity contribution in [2.24, 2.45) is 0 Å². The highest BCUT2D eigenvalue weighted by Gasteiger charge is 2.48. The first-order valence-electron chi connectivity index (χ1n) is 23.1. The summed E-state index contributed by atoms with van der Waals surface area (Å²) >= 11 is 0. The van der Waals surface area contributed by atoms with Gasteiger partial charge in [-0.05, 0) is 116 Å². The fraction of sp³-hybridized carbons (Fsp3) is 0.200. The minimum Gasteiger partial charge on any atom is -0.456 e. The van der Waals surface area contributed by atoms with Crippen molar-refractivity contribution in [3.05, 3.63) is 174 Å². The molecule has 0 spiro atoms. The van der Waals surface area contributed by atoms with Gasteiger partial charge in [-0.15, -0.1) is 0 Å². The predicted octanol–water partition coefficient (Wildman–Crippen LogP) is 15.8. The monoisotopic (exact) mass is 844 g/mol. The molecule has 0 N–H and O–H groups in total. The summed E-state index contributed by atoms with van der Waals surface area (Å²) in [5.41, 5.74) is 20.2. The van der Waals surface area contributed by atoms with Crippen molar-refractivity contribution in [1.82, 2.24) is 0 Å². The average molecular weight is 845 g/mol. The molecule has 5 heteroatoms. The van der Waals surface area contributed by atoms with E-state index in [9.17, 15) is 0 Å². The number of hydrogen-bond donors (Lipinski definition) is 0. The van der Waals surface area contributed by atoms with E-state index in [0.29, 0.717) is 0 Å². The highest BCUT2D eigenvalue weighted by molar-refractivity contribution is 6.95. The fourth-order valence-electron chi connectivity index (χ4n) is 10.7. The maximum Gasteiger partial charge on any atom is 0.333 e. The molecule has 4 nitrogen and oxygen atoms in total. The summed E-state index contributed by atoms with van der Waals surface area (Å²) in [7, 11) is 0. The average Bonchev–Trinajstić information content (AvgIpc) is 3.86. The van der Waals surface area contributed by atoms with E-state index in [1.54, 1.807) is 0 Å². The maximum atomic E-state index is 7.00. The normalized spacial score (nSPS) is 13.8. The van der Waals surface area contributed by atoms with Gasteiger partial charge in [-0.1, -0.05) is 153 Å². The van der Waals surface area contributed by atoms with Gasteiger partial charge in [-0.2, -0.15) is 0 Å². The van der Waals surface area contributed by atoms with E-state index in [2.05, 4.69) is 230 Å². The van der Waals surface area contributed by atoms with Crippen molar-refractivity contribution in [2.45, 2.75) is 78.6 Å². The van der Waals surface area contributed by atoms with Crippen LogP contribution in [-0.2, 0) is 16.2 Å². The van der Waals surface area contributed by atoms with Gasteiger partial charge in [-0.25, -0.2) is 0 Å². The molecule has 8 aromatic carbocycles. The number of nitrogens with zero attached hydrogens (tertiary/aromatic N) is 2. The van der Waals surface area contributed by atoms with Crippen LogP contribution in [0.5, 0.6) is 0 Å². The van der Waals surface area contributed by atoms with Gasteiger partial charge >= 0.3 is 6.85 Å². The van der Waals surface area contributed by atoms with Crippen molar-refractivity contribution in [3.8, 4) is 22.3 Å². The van der Waals surface area contributed by atoms with Gasteiger partial charge in [0.15, 0.2) is 0 Å². The molecule has 2 aromatic heterocycles. The Labute approximate surface area is 382 Å². The summed E-state index contributed by atoms with van der Waals surface area (Å²) in [6.45, 7) is 20.5. The second-order valence-corrected chi connectivity index (χ2v) is 21.4. The first kappa shape index (κ1) is 39.6. The van der Waals surface area contributed by atoms with E-state index in [1.807, 2.05) is 0 Å². The molecule has 4 heterocycles. The minimum atomic E-state index is -0.239. The molecule has 2 aliphatic heterocycles. The van der Waals surface area contributed by atoms with Gasteiger partial charge in [0, 0.05) is 61.5 Å². The third kappa shape index (κ3) is 5.97. The molecule has 0 aliphatic carbocycles. The number of benzene rings is 8. The van der Waals surface area contributed by atoms with Crippen molar-refractivity contribution in [3.63, 3.8) is 0 Å². The third-order valence-electron chi connectivity index (χ3n) is 14.1. The zero-order valence-corrected chi connectivity index (χ0v) is 38.8. The molecule has 0 unspecified atom stereocenters. The van der Waals surface area contributed by atoms with E-state index in [1.165, 1.54) is 55.6 Å². The van der Waals surface area contributed by atoms with Gasteiger partial charge in [0.25, 0.3) is 0 Å².